The van der Waals surface area contributed by atoms with Crippen LogP contribution in [0.25, 0.3) is 127 Å². The lowest BCUT2D eigenvalue weighted by Crippen LogP contribution is -2.06. The van der Waals surface area contributed by atoms with Crippen LogP contribution in [-0.4, -0.2) is 18.7 Å². The first-order chi connectivity index (χ1) is 35.1. The minimum atomic E-state index is -0.385. The maximum atomic E-state index is 9.49. The van der Waals surface area contributed by atoms with Crippen LogP contribution in [0, 0.1) is 0 Å². The fourth-order valence-corrected chi connectivity index (χ4v) is 10.1. The number of hydrogen-bond donors (Lipinski definition) is 0. The highest BCUT2D eigenvalue weighted by Crippen LogP contribution is 2.45. The molecule has 0 saturated heterocycles. The number of hydrogen-bond acceptors (Lipinski definition) is 2. The highest BCUT2D eigenvalue weighted by Gasteiger charge is 2.25. The normalized spacial score (nSPS) is 13.8. The fraction of sp³-hybridized carbons (Fsp3) is 0. The van der Waals surface area contributed by atoms with Crippen molar-refractivity contribution in [1.82, 2.24) is 18.7 Å². The number of benzene rings is 9. The van der Waals surface area contributed by atoms with Crippen molar-refractivity contribution >= 4 is 87.4 Å². The van der Waals surface area contributed by atoms with Crippen molar-refractivity contribution in [1.29, 1.82) is 0 Å². The largest absolute Gasteiger partial charge is 0.455 e. The maximum absolute atomic E-state index is 9.49. The van der Waals surface area contributed by atoms with Crippen molar-refractivity contribution in [2.24, 2.45) is 0 Å². The molecule has 0 unspecified atom stereocenters. The van der Waals surface area contributed by atoms with Crippen LogP contribution in [0.5, 0.6) is 0 Å². The second-order valence-electron chi connectivity index (χ2n) is 16.1. The molecule has 5 heteroatoms. The SMILES string of the molecule is [2H]c1c([2H])c([2H])c2c(c1[2H])c1ccccc1n2-c1cc(-c2c(-c3cccc4c3oc3ccccc34)cccc2-n2c3ccccc3c3ccccc32)nc(-n2c3ccccc3c3c([2H])c([2H])c([2H])c([2H])c32)c1. The van der Waals surface area contributed by atoms with E-state index in [0.29, 0.717) is 60.9 Å². The van der Waals surface area contributed by atoms with Gasteiger partial charge < -0.3 is 13.6 Å². The molecule has 0 aliphatic heterocycles. The highest BCUT2D eigenvalue weighted by atomic mass is 16.3. The van der Waals surface area contributed by atoms with Gasteiger partial charge in [-0.25, -0.2) is 4.98 Å². The zero-order valence-corrected chi connectivity index (χ0v) is 33.9. The second kappa shape index (κ2) is 13.4. The van der Waals surface area contributed by atoms with Crippen molar-refractivity contribution in [3.05, 3.63) is 218 Å². The summed E-state index contributed by atoms with van der Waals surface area (Å²) in [5, 5.41) is 6.00. The van der Waals surface area contributed by atoms with Crippen LogP contribution in [0.2, 0.25) is 0 Å². The first-order valence-electron chi connectivity index (χ1n) is 25.1. The number of rotatable bonds is 5. The van der Waals surface area contributed by atoms with Crippen molar-refractivity contribution in [3.63, 3.8) is 0 Å². The van der Waals surface area contributed by atoms with E-state index >= 15 is 0 Å². The predicted molar refractivity (Wildman–Crippen MR) is 265 cm³/mol. The number of pyridine rings is 1. The lowest BCUT2D eigenvalue weighted by molar-refractivity contribution is 0.670. The van der Waals surface area contributed by atoms with Crippen LogP contribution in [0.3, 0.4) is 0 Å². The molecule has 0 saturated carbocycles. The molecule has 0 bridgehead atoms. The number of fused-ring (bicyclic) bond motifs is 12. The molecule has 0 aliphatic rings. The zero-order valence-electron chi connectivity index (χ0n) is 41.9. The molecule has 5 aromatic heterocycles. The van der Waals surface area contributed by atoms with Gasteiger partial charge in [-0.1, -0.05) is 158 Å². The van der Waals surface area contributed by atoms with Gasteiger partial charge in [0, 0.05) is 60.3 Å². The van der Waals surface area contributed by atoms with Crippen LogP contribution in [0.4, 0.5) is 0 Å². The minimum absolute atomic E-state index is 0.160. The van der Waals surface area contributed by atoms with Crippen molar-refractivity contribution in [2.45, 2.75) is 0 Å². The van der Waals surface area contributed by atoms with E-state index in [9.17, 15) is 5.48 Å². The van der Waals surface area contributed by atoms with Crippen LogP contribution in [0.1, 0.15) is 11.0 Å². The third-order valence-corrected chi connectivity index (χ3v) is 12.7. The summed E-state index contributed by atoms with van der Waals surface area (Å²) in [6.07, 6.45) is 0. The smallest absolute Gasteiger partial charge is 0.143 e. The van der Waals surface area contributed by atoms with Crippen LogP contribution < -0.4 is 0 Å². The maximum Gasteiger partial charge on any atom is 0.143 e. The average molecular weight is 825 g/mol. The molecule has 14 rings (SSSR count). The van der Waals surface area contributed by atoms with E-state index in [2.05, 4.69) is 59.2 Å². The van der Waals surface area contributed by atoms with E-state index in [1.54, 1.807) is 4.57 Å². The van der Waals surface area contributed by atoms with Crippen molar-refractivity contribution in [2.75, 3.05) is 0 Å². The summed E-state index contributed by atoms with van der Waals surface area (Å²) in [6, 6.07) is 53.4. The Kier molecular flexibility index (Phi) is 5.88. The third-order valence-electron chi connectivity index (χ3n) is 12.7. The van der Waals surface area contributed by atoms with Gasteiger partial charge in [-0.3, -0.25) is 4.57 Å². The Hall–Kier alpha value is -8.67. The molecule has 0 fully saturated rings. The summed E-state index contributed by atoms with van der Waals surface area (Å²) in [5.41, 5.74) is 9.20. The molecule has 0 atom stereocenters. The van der Waals surface area contributed by atoms with Gasteiger partial charge in [0.15, 0.2) is 0 Å². The molecule has 64 heavy (non-hydrogen) atoms. The molecule has 0 aliphatic carbocycles. The van der Waals surface area contributed by atoms with Gasteiger partial charge in [0.2, 0.25) is 0 Å². The lowest BCUT2D eigenvalue weighted by atomic mass is 9.93. The Morgan fingerprint density at radius 1 is 0.391 bits per heavy atom. The molecule has 0 amide bonds. The van der Waals surface area contributed by atoms with Gasteiger partial charge in [0.05, 0.1) is 61.1 Å². The predicted octanol–water partition coefficient (Wildman–Crippen LogP) is 15.6. The van der Waals surface area contributed by atoms with E-state index in [1.165, 1.54) is 0 Å². The van der Waals surface area contributed by atoms with Crippen LogP contribution in [-0.2, 0) is 0 Å². The summed E-state index contributed by atoms with van der Waals surface area (Å²) >= 11 is 0. The first-order valence-corrected chi connectivity index (χ1v) is 21.1. The van der Waals surface area contributed by atoms with E-state index in [0.717, 1.165) is 55.0 Å². The van der Waals surface area contributed by atoms with E-state index in [1.807, 2.05) is 120 Å². The average Bonchev–Trinajstić information content (AvgIpc) is 4.17. The van der Waals surface area contributed by atoms with Crippen LogP contribution in [0.15, 0.2) is 223 Å². The van der Waals surface area contributed by atoms with Gasteiger partial charge in [-0.05, 0) is 60.1 Å². The van der Waals surface area contributed by atoms with E-state index in [4.69, 9.17) is 14.9 Å². The van der Waals surface area contributed by atoms with Gasteiger partial charge in [-0.2, -0.15) is 0 Å². The third kappa shape index (κ3) is 4.92. The minimum Gasteiger partial charge on any atom is -0.455 e. The quantitative estimate of drug-likeness (QED) is 0.173. The number of aromatic nitrogens is 4. The molecule has 0 N–H and O–H groups in total. The van der Waals surface area contributed by atoms with Crippen molar-refractivity contribution in [3.8, 4) is 39.6 Å². The standard InChI is InChI=1S/C59H36N4O/c1-8-27-49-38(17-1)39-18-2-9-28-50(39)61(49)37-35-48(60-57(36-37)63-53-31-12-5-21-42(53)43-22-6-13-32-54(43)63)58-45(47-26-15-25-46-44-23-7-14-34-56(44)64-59(46)47)24-16-33-55(58)62-51-29-10-3-19-40(51)41-20-4-11-30-52(41)62/h1-36H/i1D,5D,8D,12D,17D,21D,27D,31D. The molecule has 5 heterocycles. The molecular formula is C59H36N4O. The summed E-state index contributed by atoms with van der Waals surface area (Å²) in [5.74, 6) is 0.315. The van der Waals surface area contributed by atoms with Gasteiger partial charge in [0.1, 0.15) is 17.0 Å². The Morgan fingerprint density at radius 2 is 0.891 bits per heavy atom. The molecule has 14 aromatic rings. The Morgan fingerprint density at radius 3 is 1.56 bits per heavy atom. The molecule has 9 aromatic carbocycles. The van der Waals surface area contributed by atoms with E-state index in [-0.39, 0.29) is 59.4 Å². The molecule has 5 nitrogen and oxygen atoms in total. The van der Waals surface area contributed by atoms with Crippen molar-refractivity contribution < 1.29 is 15.4 Å². The first kappa shape index (κ1) is 28.0. The highest BCUT2D eigenvalue weighted by molar-refractivity contribution is 6.14. The molecule has 0 spiro atoms. The summed E-state index contributed by atoms with van der Waals surface area (Å²) in [7, 11) is 0. The zero-order chi connectivity index (χ0) is 48.8. The fourth-order valence-electron chi connectivity index (χ4n) is 10.1. The Bertz CT molecular complexity index is 4490. The lowest BCUT2D eigenvalue weighted by Gasteiger charge is -2.20. The molecule has 0 radical (unpaired) electrons. The van der Waals surface area contributed by atoms with Crippen LogP contribution >= 0.6 is 0 Å². The number of nitrogens with zero attached hydrogens (tertiary/aromatic N) is 4. The Labute approximate surface area is 378 Å². The molecule has 298 valence electrons. The topological polar surface area (TPSA) is 40.8 Å². The number of para-hydroxylation sites is 8. The molecular weight excluding hydrogens is 781 g/mol. The van der Waals surface area contributed by atoms with Gasteiger partial charge in [0.25, 0.3) is 0 Å². The monoisotopic (exact) mass is 824 g/mol. The summed E-state index contributed by atoms with van der Waals surface area (Å²) in [4.78, 5) is 5.65. The number of furan rings is 1. The second-order valence-corrected chi connectivity index (χ2v) is 16.1. The summed E-state index contributed by atoms with van der Waals surface area (Å²) in [6.45, 7) is 0. The van der Waals surface area contributed by atoms with Gasteiger partial charge >= 0.3 is 0 Å². The summed E-state index contributed by atoms with van der Waals surface area (Å²) < 4.78 is 85.6. The van der Waals surface area contributed by atoms with Gasteiger partial charge in [-0.15, -0.1) is 0 Å². The Balaban J connectivity index is 1.20. The van der Waals surface area contributed by atoms with E-state index < -0.39 is 0 Å².